The summed E-state index contributed by atoms with van der Waals surface area (Å²) in [5.41, 5.74) is 7.89. The average Bonchev–Trinajstić information content (AvgIpc) is 2.64. The molecule has 1 fully saturated rings. The molecule has 1 aliphatic rings. The van der Waals surface area contributed by atoms with E-state index in [9.17, 15) is 0 Å². The fourth-order valence-corrected chi connectivity index (χ4v) is 2.31. The number of ether oxygens (including phenoxy) is 1. The monoisotopic (exact) mass is 220 g/mol. The van der Waals surface area contributed by atoms with Gasteiger partial charge in [0, 0.05) is 13.1 Å². The van der Waals surface area contributed by atoms with Crippen molar-refractivity contribution in [1.29, 1.82) is 0 Å². The number of benzene rings is 1. The number of nitrogens with zero attached hydrogens (tertiary/aromatic N) is 1. The van der Waals surface area contributed by atoms with Crippen LogP contribution in [0.3, 0.4) is 0 Å². The van der Waals surface area contributed by atoms with E-state index >= 15 is 0 Å². The van der Waals surface area contributed by atoms with Crippen LogP contribution in [0.15, 0.2) is 18.2 Å². The van der Waals surface area contributed by atoms with Crippen LogP contribution < -0.4 is 10.5 Å². The molecule has 2 N–H and O–H groups in total. The maximum atomic E-state index is 5.89. The number of rotatable bonds is 3. The molecule has 2 rings (SSSR count). The first kappa shape index (κ1) is 11.3. The minimum Gasteiger partial charge on any atom is -0.495 e. The van der Waals surface area contributed by atoms with Crippen LogP contribution in [0.25, 0.3) is 0 Å². The number of methoxy groups -OCH3 is 1. The number of nitrogen functional groups attached to an aromatic ring is 1. The largest absolute Gasteiger partial charge is 0.495 e. The van der Waals surface area contributed by atoms with Gasteiger partial charge >= 0.3 is 0 Å². The van der Waals surface area contributed by atoms with Crippen LogP contribution in [0, 0.1) is 5.92 Å². The predicted molar refractivity (Wildman–Crippen MR) is 66.5 cm³/mol. The minimum atomic E-state index is 0.729. The highest BCUT2D eigenvalue weighted by Gasteiger charge is 2.18. The van der Waals surface area contributed by atoms with Crippen molar-refractivity contribution in [1.82, 2.24) is 4.90 Å². The van der Waals surface area contributed by atoms with E-state index in [2.05, 4.69) is 17.9 Å². The molecule has 1 aromatic rings. The lowest BCUT2D eigenvalue weighted by molar-refractivity contribution is 0.320. The summed E-state index contributed by atoms with van der Waals surface area (Å²) in [6.07, 6.45) is 1.31. The summed E-state index contributed by atoms with van der Waals surface area (Å²) < 4.78 is 5.15. The van der Waals surface area contributed by atoms with E-state index in [1.54, 1.807) is 7.11 Å². The summed E-state index contributed by atoms with van der Waals surface area (Å²) in [7, 11) is 1.65. The number of anilines is 1. The lowest BCUT2D eigenvalue weighted by Crippen LogP contribution is -2.19. The normalized spacial score (nSPS) is 21.2. The minimum absolute atomic E-state index is 0.729. The van der Waals surface area contributed by atoms with Crippen LogP contribution in [-0.4, -0.2) is 25.1 Å². The molecule has 0 spiro atoms. The lowest BCUT2D eigenvalue weighted by Gasteiger charge is -2.16. The predicted octanol–water partition coefficient (Wildman–Crippen LogP) is 2.12. The molecule has 0 radical (unpaired) electrons. The van der Waals surface area contributed by atoms with Gasteiger partial charge in [-0.3, -0.25) is 4.90 Å². The Labute approximate surface area is 97.2 Å². The fourth-order valence-electron chi connectivity index (χ4n) is 2.31. The van der Waals surface area contributed by atoms with Crippen molar-refractivity contribution < 1.29 is 4.74 Å². The van der Waals surface area contributed by atoms with Crippen LogP contribution in [0.5, 0.6) is 5.75 Å². The Kier molecular flexibility index (Phi) is 3.34. The Balaban J connectivity index is 2.02. The second kappa shape index (κ2) is 4.74. The van der Waals surface area contributed by atoms with Gasteiger partial charge in [0.1, 0.15) is 5.75 Å². The zero-order chi connectivity index (χ0) is 11.5. The van der Waals surface area contributed by atoms with Gasteiger partial charge < -0.3 is 10.5 Å². The van der Waals surface area contributed by atoms with Crippen molar-refractivity contribution in [2.24, 2.45) is 5.92 Å². The van der Waals surface area contributed by atoms with E-state index in [1.807, 2.05) is 12.1 Å². The molecule has 1 atom stereocenters. The first-order valence-electron chi connectivity index (χ1n) is 5.84. The van der Waals surface area contributed by atoms with Crippen molar-refractivity contribution in [3.63, 3.8) is 0 Å². The average molecular weight is 220 g/mol. The van der Waals surface area contributed by atoms with Crippen LogP contribution in [0.2, 0.25) is 0 Å². The first-order valence-corrected chi connectivity index (χ1v) is 5.84. The third-order valence-electron chi connectivity index (χ3n) is 3.21. The molecule has 0 amide bonds. The summed E-state index contributed by atoms with van der Waals surface area (Å²) in [5, 5.41) is 0. The lowest BCUT2D eigenvalue weighted by atomic mass is 10.1. The molecule has 0 bridgehead atoms. The van der Waals surface area contributed by atoms with Crippen LogP contribution >= 0.6 is 0 Å². The van der Waals surface area contributed by atoms with Gasteiger partial charge in [0.25, 0.3) is 0 Å². The third kappa shape index (κ3) is 2.47. The SMILES string of the molecule is COc1ccc(CN2CCC(C)C2)cc1N. The van der Waals surface area contributed by atoms with E-state index in [-0.39, 0.29) is 0 Å². The van der Waals surface area contributed by atoms with Crippen molar-refractivity contribution >= 4 is 5.69 Å². The molecule has 0 aliphatic carbocycles. The highest BCUT2D eigenvalue weighted by molar-refractivity contribution is 5.54. The maximum absolute atomic E-state index is 5.89. The number of hydrogen-bond donors (Lipinski definition) is 1. The molecule has 0 saturated carbocycles. The quantitative estimate of drug-likeness (QED) is 0.793. The topological polar surface area (TPSA) is 38.5 Å². The zero-order valence-corrected chi connectivity index (χ0v) is 10.1. The molecular formula is C13H20N2O. The second-order valence-corrected chi connectivity index (χ2v) is 4.71. The van der Waals surface area contributed by atoms with Crippen molar-refractivity contribution in [2.75, 3.05) is 25.9 Å². The molecule has 3 heteroatoms. The third-order valence-corrected chi connectivity index (χ3v) is 3.21. The molecular weight excluding hydrogens is 200 g/mol. The highest BCUT2D eigenvalue weighted by Crippen LogP contribution is 2.24. The molecule has 1 heterocycles. The Morgan fingerprint density at radius 1 is 1.50 bits per heavy atom. The smallest absolute Gasteiger partial charge is 0.141 e. The van der Waals surface area contributed by atoms with Gasteiger partial charge in [0.15, 0.2) is 0 Å². The summed E-state index contributed by atoms with van der Waals surface area (Å²) in [6, 6.07) is 6.06. The van der Waals surface area contributed by atoms with Gasteiger partial charge in [-0.2, -0.15) is 0 Å². The van der Waals surface area contributed by atoms with Crippen molar-refractivity contribution in [3.05, 3.63) is 23.8 Å². The number of nitrogens with two attached hydrogens (primary N) is 1. The molecule has 1 unspecified atom stereocenters. The summed E-state index contributed by atoms with van der Waals surface area (Å²) in [6.45, 7) is 5.71. The number of hydrogen-bond acceptors (Lipinski definition) is 3. The molecule has 16 heavy (non-hydrogen) atoms. The molecule has 3 nitrogen and oxygen atoms in total. The van der Waals surface area contributed by atoms with Crippen LogP contribution in [-0.2, 0) is 6.54 Å². The zero-order valence-electron chi connectivity index (χ0n) is 10.1. The van der Waals surface area contributed by atoms with Gasteiger partial charge in [-0.05, 0) is 36.6 Å². The van der Waals surface area contributed by atoms with E-state index in [0.717, 1.165) is 23.9 Å². The summed E-state index contributed by atoms with van der Waals surface area (Å²) in [4.78, 5) is 2.48. The summed E-state index contributed by atoms with van der Waals surface area (Å²) >= 11 is 0. The van der Waals surface area contributed by atoms with E-state index in [1.165, 1.54) is 25.1 Å². The Morgan fingerprint density at radius 2 is 2.31 bits per heavy atom. The van der Waals surface area contributed by atoms with Crippen molar-refractivity contribution in [2.45, 2.75) is 19.9 Å². The van der Waals surface area contributed by atoms with Gasteiger partial charge in [-0.15, -0.1) is 0 Å². The Bertz CT molecular complexity index is 365. The van der Waals surface area contributed by atoms with Crippen LogP contribution in [0.4, 0.5) is 5.69 Å². The molecule has 1 aliphatic heterocycles. The van der Waals surface area contributed by atoms with E-state index in [4.69, 9.17) is 10.5 Å². The second-order valence-electron chi connectivity index (χ2n) is 4.71. The van der Waals surface area contributed by atoms with Gasteiger partial charge in [0.2, 0.25) is 0 Å². The first-order chi connectivity index (χ1) is 7.69. The maximum Gasteiger partial charge on any atom is 0.141 e. The molecule has 1 saturated heterocycles. The highest BCUT2D eigenvalue weighted by atomic mass is 16.5. The van der Waals surface area contributed by atoms with E-state index < -0.39 is 0 Å². The van der Waals surface area contributed by atoms with Gasteiger partial charge in [0.05, 0.1) is 12.8 Å². The van der Waals surface area contributed by atoms with Crippen LogP contribution in [0.1, 0.15) is 18.9 Å². The number of likely N-dealkylation sites (tertiary alicyclic amines) is 1. The standard InChI is InChI=1S/C13H20N2O/c1-10-5-6-15(8-10)9-11-3-4-13(16-2)12(14)7-11/h3-4,7,10H,5-6,8-9,14H2,1-2H3. The summed E-state index contributed by atoms with van der Waals surface area (Å²) in [5.74, 6) is 1.59. The molecule has 1 aromatic carbocycles. The van der Waals surface area contributed by atoms with Gasteiger partial charge in [-0.25, -0.2) is 0 Å². The fraction of sp³-hybridized carbons (Fsp3) is 0.538. The van der Waals surface area contributed by atoms with Crippen molar-refractivity contribution in [3.8, 4) is 5.75 Å². The molecule has 0 aromatic heterocycles. The Hall–Kier alpha value is -1.22. The van der Waals surface area contributed by atoms with E-state index in [0.29, 0.717) is 0 Å². The van der Waals surface area contributed by atoms with Gasteiger partial charge in [-0.1, -0.05) is 13.0 Å². The molecule has 88 valence electrons. The Morgan fingerprint density at radius 3 is 2.88 bits per heavy atom.